The van der Waals surface area contributed by atoms with Crippen molar-refractivity contribution in [3.8, 4) is 5.69 Å². The largest absolute Gasteiger partial charge is 0.283 e. The van der Waals surface area contributed by atoms with Crippen molar-refractivity contribution in [2.45, 2.75) is 31.3 Å². The molecule has 8 rings (SSSR count). The average Bonchev–Trinajstić information content (AvgIpc) is 3.62. The number of imide groups is 1. The van der Waals surface area contributed by atoms with Crippen LogP contribution in [0, 0.1) is 18.8 Å². The third-order valence-corrected chi connectivity index (χ3v) is 8.93. The van der Waals surface area contributed by atoms with E-state index >= 15 is 0 Å². The quantitative estimate of drug-likeness (QED) is 0.383. The molecule has 4 unspecified atom stereocenters. The highest BCUT2D eigenvalue weighted by molar-refractivity contribution is 6.23. The number of hydrogen-bond acceptors (Lipinski definition) is 5. The number of aryl methyl sites for hydroxylation is 1. The van der Waals surface area contributed by atoms with Gasteiger partial charge in [-0.15, -0.1) is 0 Å². The molecule has 3 saturated heterocycles. The van der Waals surface area contributed by atoms with Crippen molar-refractivity contribution < 1.29 is 9.59 Å². The maximum absolute atomic E-state index is 14.4. The lowest BCUT2D eigenvalue weighted by molar-refractivity contribution is -0.124. The maximum Gasteiger partial charge on any atom is 0.266 e. The molecule has 4 aromatic rings. The molecule has 0 bridgehead atoms. The summed E-state index contributed by atoms with van der Waals surface area (Å²) < 4.78 is 1.70. The fourth-order valence-electron chi connectivity index (χ4n) is 7.56. The fraction of sp³-hybridized carbons (Fsp3) is 0.267. The molecule has 3 aromatic carbocycles. The van der Waals surface area contributed by atoms with Gasteiger partial charge in [-0.2, -0.15) is 0 Å². The topological polar surface area (TPSA) is 75.5 Å². The molecular weight excluding hydrogens is 464 g/mol. The van der Waals surface area contributed by atoms with Crippen molar-refractivity contribution in [2.75, 3.05) is 11.4 Å². The monoisotopic (exact) mass is 488 g/mol. The zero-order valence-corrected chi connectivity index (χ0v) is 20.3. The number of para-hydroxylation sites is 2. The molecule has 7 nitrogen and oxygen atoms in total. The molecule has 3 fully saturated rings. The first-order valence-corrected chi connectivity index (χ1v) is 12.9. The van der Waals surface area contributed by atoms with Crippen LogP contribution in [0.5, 0.6) is 0 Å². The number of rotatable bonds is 1. The van der Waals surface area contributed by atoms with E-state index in [1.54, 1.807) is 10.6 Å². The molecule has 0 radical (unpaired) electrons. The molecule has 182 valence electrons. The third-order valence-electron chi connectivity index (χ3n) is 8.93. The second-order valence-electron chi connectivity index (χ2n) is 10.6. The van der Waals surface area contributed by atoms with Crippen LogP contribution >= 0.6 is 0 Å². The van der Waals surface area contributed by atoms with Crippen LogP contribution in [0.3, 0.4) is 0 Å². The first-order chi connectivity index (χ1) is 18.0. The minimum Gasteiger partial charge on any atom is -0.283 e. The summed E-state index contributed by atoms with van der Waals surface area (Å²) in [5.41, 5.74) is 2.80. The van der Waals surface area contributed by atoms with E-state index in [-0.39, 0.29) is 23.4 Å². The number of hydrogen-bond donors (Lipinski definition) is 0. The molecule has 5 heterocycles. The van der Waals surface area contributed by atoms with Gasteiger partial charge in [0.1, 0.15) is 11.4 Å². The Morgan fingerprint density at radius 1 is 0.892 bits per heavy atom. The summed E-state index contributed by atoms with van der Waals surface area (Å²) in [6.45, 7) is 2.73. The van der Waals surface area contributed by atoms with Gasteiger partial charge in [0, 0.05) is 11.6 Å². The van der Waals surface area contributed by atoms with Crippen LogP contribution in [0.1, 0.15) is 29.8 Å². The van der Waals surface area contributed by atoms with Crippen LogP contribution in [0.15, 0.2) is 77.6 Å². The van der Waals surface area contributed by atoms with Crippen LogP contribution in [0.25, 0.3) is 16.6 Å². The molecule has 0 aliphatic carbocycles. The average molecular weight is 489 g/mol. The van der Waals surface area contributed by atoms with Gasteiger partial charge in [-0.1, -0.05) is 48.0 Å². The zero-order valence-electron chi connectivity index (χ0n) is 20.3. The normalized spacial score (nSPS) is 27.7. The Labute approximate surface area is 213 Å². The van der Waals surface area contributed by atoms with Gasteiger partial charge in [0.2, 0.25) is 11.8 Å². The second-order valence-corrected chi connectivity index (χ2v) is 10.6. The van der Waals surface area contributed by atoms with Gasteiger partial charge in [0.15, 0.2) is 0 Å². The number of aromatic nitrogens is 2. The highest BCUT2D eigenvalue weighted by Crippen LogP contribution is 2.62. The lowest BCUT2D eigenvalue weighted by atomic mass is 9.75. The van der Waals surface area contributed by atoms with E-state index in [0.717, 1.165) is 36.2 Å². The van der Waals surface area contributed by atoms with E-state index in [1.807, 2.05) is 73.7 Å². The van der Waals surface area contributed by atoms with Gasteiger partial charge in [0.25, 0.3) is 5.56 Å². The number of fused-ring (bicyclic) bond motifs is 11. The Bertz CT molecular complexity index is 1730. The molecule has 1 spiro atoms. The number of anilines is 1. The Morgan fingerprint density at radius 2 is 1.65 bits per heavy atom. The molecule has 4 atom stereocenters. The second kappa shape index (κ2) is 7.01. The van der Waals surface area contributed by atoms with Crippen molar-refractivity contribution in [1.82, 2.24) is 14.5 Å². The molecule has 37 heavy (non-hydrogen) atoms. The molecule has 1 aromatic heterocycles. The number of carbonyl (C=O) groups is 2. The summed E-state index contributed by atoms with van der Waals surface area (Å²) in [5, 5.41) is 0.542. The molecule has 7 heteroatoms. The number of benzene rings is 3. The standard InChI is InChI=1S/C30H24N4O3/c1-17-12-14-18(15-13-17)33-27(36)24-23-11-6-16-32(23)30(25(24)28(33)37)20-8-3-5-10-22(20)34-26(35)19-7-2-4-9-21(19)31-29(30)34/h2-5,7-10,12-15,23-25H,6,11,16H2,1H3. The number of carbonyl (C=O) groups excluding carboxylic acids is 2. The molecule has 2 amide bonds. The summed E-state index contributed by atoms with van der Waals surface area (Å²) in [6.07, 6.45) is 1.77. The van der Waals surface area contributed by atoms with E-state index in [9.17, 15) is 14.4 Å². The fourth-order valence-corrected chi connectivity index (χ4v) is 7.56. The van der Waals surface area contributed by atoms with Crippen molar-refractivity contribution >= 4 is 28.4 Å². The number of nitrogens with zero attached hydrogens (tertiary/aromatic N) is 4. The van der Waals surface area contributed by atoms with Gasteiger partial charge in [-0.05, 0) is 56.6 Å². The van der Waals surface area contributed by atoms with E-state index in [0.29, 0.717) is 22.4 Å². The van der Waals surface area contributed by atoms with Crippen molar-refractivity contribution in [3.05, 3.63) is 100 Å². The summed E-state index contributed by atoms with van der Waals surface area (Å²) in [5.74, 6) is -0.942. The van der Waals surface area contributed by atoms with E-state index in [1.165, 1.54) is 4.90 Å². The van der Waals surface area contributed by atoms with Crippen molar-refractivity contribution in [3.63, 3.8) is 0 Å². The Kier molecular flexibility index (Phi) is 3.99. The third kappa shape index (κ3) is 2.36. The van der Waals surface area contributed by atoms with Crippen LogP contribution in [-0.4, -0.2) is 38.9 Å². The molecule has 0 saturated carbocycles. The first-order valence-electron chi connectivity index (χ1n) is 12.9. The molecule has 4 aliphatic heterocycles. The Hall–Kier alpha value is -4.10. The van der Waals surface area contributed by atoms with Gasteiger partial charge >= 0.3 is 0 Å². The summed E-state index contributed by atoms with van der Waals surface area (Å²) in [7, 11) is 0. The van der Waals surface area contributed by atoms with Crippen LogP contribution in [0.2, 0.25) is 0 Å². The van der Waals surface area contributed by atoms with Gasteiger partial charge in [0.05, 0.1) is 34.1 Å². The lowest BCUT2D eigenvalue weighted by Crippen LogP contribution is -2.51. The molecular formula is C30H24N4O3. The minimum absolute atomic E-state index is 0.0834. The lowest BCUT2D eigenvalue weighted by Gasteiger charge is -2.38. The predicted octanol–water partition coefficient (Wildman–Crippen LogP) is 3.53. The van der Waals surface area contributed by atoms with Gasteiger partial charge in [-0.25, -0.2) is 9.88 Å². The number of amides is 2. The Balaban J connectivity index is 1.45. The van der Waals surface area contributed by atoms with Crippen molar-refractivity contribution in [1.29, 1.82) is 0 Å². The summed E-state index contributed by atoms with van der Waals surface area (Å²) in [4.78, 5) is 51.2. The minimum atomic E-state index is -0.974. The highest BCUT2D eigenvalue weighted by atomic mass is 16.2. The maximum atomic E-state index is 14.4. The summed E-state index contributed by atoms with van der Waals surface area (Å²) >= 11 is 0. The van der Waals surface area contributed by atoms with Crippen LogP contribution in [0.4, 0.5) is 5.69 Å². The van der Waals surface area contributed by atoms with E-state index in [2.05, 4.69) is 4.90 Å². The van der Waals surface area contributed by atoms with Gasteiger partial charge in [-0.3, -0.25) is 23.9 Å². The summed E-state index contributed by atoms with van der Waals surface area (Å²) in [6, 6.07) is 22.6. The molecule has 4 aliphatic rings. The van der Waals surface area contributed by atoms with Crippen molar-refractivity contribution in [2.24, 2.45) is 11.8 Å². The zero-order chi connectivity index (χ0) is 25.1. The SMILES string of the molecule is Cc1ccc(N2C(=O)C3C4CCCN4C4(c5ccccc5-n5c4nc4ccccc4c5=O)C3C2=O)cc1. The highest BCUT2D eigenvalue weighted by Gasteiger charge is 2.73. The smallest absolute Gasteiger partial charge is 0.266 e. The Morgan fingerprint density at radius 3 is 2.49 bits per heavy atom. The van der Waals surface area contributed by atoms with Gasteiger partial charge < -0.3 is 0 Å². The molecule has 0 N–H and O–H groups in total. The first kappa shape index (κ1) is 21.0. The van der Waals surface area contributed by atoms with E-state index in [4.69, 9.17) is 4.98 Å². The predicted molar refractivity (Wildman–Crippen MR) is 138 cm³/mol. The van der Waals surface area contributed by atoms with E-state index < -0.39 is 17.4 Å². The van der Waals surface area contributed by atoms with Crippen LogP contribution in [-0.2, 0) is 15.1 Å². The van der Waals surface area contributed by atoms with Crippen LogP contribution < -0.4 is 10.5 Å².